The zero-order valence-electron chi connectivity index (χ0n) is 16.9. The van der Waals surface area contributed by atoms with Crippen molar-refractivity contribution in [3.63, 3.8) is 0 Å². The van der Waals surface area contributed by atoms with Crippen LogP contribution in [0.5, 0.6) is 0 Å². The fourth-order valence-corrected chi connectivity index (χ4v) is 4.09. The van der Waals surface area contributed by atoms with Crippen molar-refractivity contribution in [1.29, 1.82) is 0 Å². The third kappa shape index (κ3) is 5.04. The first-order valence-corrected chi connectivity index (χ1v) is 10.8. The molecule has 6 nitrogen and oxygen atoms in total. The molecule has 1 unspecified atom stereocenters. The summed E-state index contributed by atoms with van der Waals surface area (Å²) < 4.78 is 0. The number of aromatic amines is 1. The van der Waals surface area contributed by atoms with E-state index in [0.29, 0.717) is 11.6 Å². The van der Waals surface area contributed by atoms with E-state index < -0.39 is 0 Å². The lowest BCUT2D eigenvalue weighted by Crippen LogP contribution is -2.32. The number of aromatic nitrogens is 4. The Bertz CT molecular complexity index is 1110. The Hall–Kier alpha value is -3.19. The fraction of sp³-hybridized carbons (Fsp3) is 0.217. The Morgan fingerprint density at radius 1 is 1.00 bits per heavy atom. The number of carbonyl (C=O) groups excluding carboxylic acids is 1. The normalized spacial score (nSPS) is 12.1. The number of para-hydroxylation sites is 2. The third-order valence-electron chi connectivity index (χ3n) is 4.65. The van der Waals surface area contributed by atoms with Gasteiger partial charge in [-0.1, -0.05) is 54.2 Å². The van der Waals surface area contributed by atoms with Gasteiger partial charge in [0.25, 0.3) is 0 Å². The summed E-state index contributed by atoms with van der Waals surface area (Å²) in [5, 5.41) is 3.75. The number of thioether (sulfide) groups is 1. The molecule has 152 valence electrons. The molecule has 0 spiro atoms. The standard InChI is InChI=1S/C23H23N5OS/c1-15-12-16(2)25-23(24-15)30-14-21(29)26-20(13-17-8-4-3-5-9-17)22-27-18-10-6-7-11-19(18)28-22/h3-12,20H,13-14H2,1-2H3,(H,26,29)(H,27,28). The topological polar surface area (TPSA) is 83.6 Å². The van der Waals surface area contributed by atoms with Crippen LogP contribution < -0.4 is 5.32 Å². The second-order valence-corrected chi connectivity index (χ2v) is 8.11. The lowest BCUT2D eigenvalue weighted by molar-refractivity contribution is -0.119. The van der Waals surface area contributed by atoms with Gasteiger partial charge in [-0.2, -0.15) is 0 Å². The SMILES string of the molecule is Cc1cc(C)nc(SCC(=O)NC(Cc2ccccc2)c2nc3ccccc3[nH]2)n1. The number of nitrogens with one attached hydrogen (secondary N) is 2. The first-order valence-electron chi connectivity index (χ1n) is 9.80. The molecule has 0 aliphatic heterocycles. The molecule has 0 fully saturated rings. The average molecular weight is 418 g/mol. The van der Waals surface area contributed by atoms with Gasteiger partial charge in [0.15, 0.2) is 5.16 Å². The van der Waals surface area contributed by atoms with E-state index >= 15 is 0 Å². The van der Waals surface area contributed by atoms with Gasteiger partial charge in [-0.15, -0.1) is 0 Å². The lowest BCUT2D eigenvalue weighted by Gasteiger charge is -2.17. The van der Waals surface area contributed by atoms with Crippen LogP contribution in [0.25, 0.3) is 11.0 Å². The van der Waals surface area contributed by atoms with Crippen LogP contribution in [0.3, 0.4) is 0 Å². The number of fused-ring (bicyclic) bond motifs is 1. The fourth-order valence-electron chi connectivity index (χ4n) is 3.33. The van der Waals surface area contributed by atoms with Crippen LogP contribution in [-0.2, 0) is 11.2 Å². The highest BCUT2D eigenvalue weighted by Gasteiger charge is 2.19. The molecule has 1 amide bonds. The van der Waals surface area contributed by atoms with Crippen LogP contribution in [0, 0.1) is 13.8 Å². The quantitative estimate of drug-likeness (QED) is 0.348. The van der Waals surface area contributed by atoms with E-state index in [9.17, 15) is 4.79 Å². The van der Waals surface area contributed by atoms with E-state index in [-0.39, 0.29) is 17.7 Å². The summed E-state index contributed by atoms with van der Waals surface area (Å²) in [6.45, 7) is 3.85. The van der Waals surface area contributed by atoms with Crippen molar-refractivity contribution in [2.75, 3.05) is 5.75 Å². The Morgan fingerprint density at radius 3 is 2.43 bits per heavy atom. The van der Waals surface area contributed by atoms with Gasteiger partial charge in [-0.3, -0.25) is 4.79 Å². The number of carbonyl (C=O) groups is 1. The minimum absolute atomic E-state index is 0.0795. The molecule has 2 aromatic heterocycles. The van der Waals surface area contributed by atoms with Gasteiger partial charge in [-0.05, 0) is 44.0 Å². The van der Waals surface area contributed by atoms with E-state index in [1.54, 1.807) is 0 Å². The zero-order chi connectivity index (χ0) is 20.9. The van der Waals surface area contributed by atoms with Crippen molar-refractivity contribution in [2.45, 2.75) is 31.5 Å². The Balaban J connectivity index is 1.50. The molecule has 4 aromatic rings. The molecule has 0 saturated carbocycles. The number of nitrogens with zero attached hydrogens (tertiary/aromatic N) is 3. The maximum absolute atomic E-state index is 12.7. The van der Waals surface area contributed by atoms with Crippen LogP contribution in [0.2, 0.25) is 0 Å². The molecule has 30 heavy (non-hydrogen) atoms. The molecular weight excluding hydrogens is 394 g/mol. The summed E-state index contributed by atoms with van der Waals surface area (Å²) in [4.78, 5) is 29.6. The number of H-pyrrole nitrogens is 1. The van der Waals surface area contributed by atoms with Crippen molar-refractivity contribution in [2.24, 2.45) is 0 Å². The predicted octanol–water partition coefficient (Wildman–Crippen LogP) is 4.16. The monoisotopic (exact) mass is 417 g/mol. The summed E-state index contributed by atoms with van der Waals surface area (Å²) in [5.41, 5.74) is 4.77. The molecule has 0 bridgehead atoms. The second kappa shape index (κ2) is 9.09. The highest BCUT2D eigenvalue weighted by atomic mass is 32.2. The average Bonchev–Trinajstić information content (AvgIpc) is 3.16. The Morgan fingerprint density at radius 2 is 1.70 bits per heavy atom. The molecular formula is C23H23N5OS. The van der Waals surface area contributed by atoms with Crippen LogP contribution >= 0.6 is 11.8 Å². The molecule has 2 N–H and O–H groups in total. The van der Waals surface area contributed by atoms with Crippen LogP contribution in [0.15, 0.2) is 65.8 Å². The van der Waals surface area contributed by atoms with Crippen LogP contribution in [-0.4, -0.2) is 31.6 Å². The highest BCUT2D eigenvalue weighted by Crippen LogP contribution is 2.21. The van der Waals surface area contributed by atoms with Crippen molar-refractivity contribution in [3.8, 4) is 0 Å². The number of imidazole rings is 1. The van der Waals surface area contributed by atoms with Gasteiger partial charge in [0.2, 0.25) is 5.91 Å². The van der Waals surface area contributed by atoms with E-state index in [2.05, 4.69) is 32.4 Å². The minimum Gasteiger partial charge on any atom is -0.345 e. The van der Waals surface area contributed by atoms with Gasteiger partial charge < -0.3 is 10.3 Å². The molecule has 0 saturated heterocycles. The Kier molecular flexibility index (Phi) is 6.09. The minimum atomic E-state index is -0.256. The first-order chi connectivity index (χ1) is 14.6. The number of hydrogen-bond acceptors (Lipinski definition) is 5. The van der Waals surface area contributed by atoms with E-state index in [0.717, 1.165) is 33.8 Å². The van der Waals surface area contributed by atoms with Crippen molar-refractivity contribution in [1.82, 2.24) is 25.3 Å². The number of aryl methyl sites for hydroxylation is 2. The molecule has 0 aliphatic carbocycles. The molecule has 4 rings (SSSR count). The smallest absolute Gasteiger partial charge is 0.231 e. The van der Waals surface area contributed by atoms with Gasteiger partial charge in [0.05, 0.1) is 22.8 Å². The summed E-state index contributed by atoms with van der Waals surface area (Å²) in [5.74, 6) is 0.916. The second-order valence-electron chi connectivity index (χ2n) is 7.17. The summed E-state index contributed by atoms with van der Waals surface area (Å²) >= 11 is 1.34. The lowest BCUT2D eigenvalue weighted by atomic mass is 10.1. The largest absolute Gasteiger partial charge is 0.345 e. The van der Waals surface area contributed by atoms with E-state index in [1.165, 1.54) is 11.8 Å². The maximum atomic E-state index is 12.7. The summed E-state index contributed by atoms with van der Waals surface area (Å²) in [6, 6.07) is 19.6. The predicted molar refractivity (Wildman–Crippen MR) is 119 cm³/mol. The van der Waals surface area contributed by atoms with Crippen molar-refractivity contribution < 1.29 is 4.79 Å². The number of benzene rings is 2. The molecule has 0 radical (unpaired) electrons. The molecule has 7 heteroatoms. The van der Waals surface area contributed by atoms with Gasteiger partial charge in [-0.25, -0.2) is 15.0 Å². The molecule has 2 aromatic carbocycles. The van der Waals surface area contributed by atoms with Gasteiger partial charge in [0, 0.05) is 11.4 Å². The molecule has 1 atom stereocenters. The summed E-state index contributed by atoms with van der Waals surface area (Å²) in [6.07, 6.45) is 0.650. The number of rotatable bonds is 7. The van der Waals surface area contributed by atoms with Gasteiger partial charge in [0.1, 0.15) is 5.82 Å². The number of hydrogen-bond donors (Lipinski definition) is 2. The highest BCUT2D eigenvalue weighted by molar-refractivity contribution is 7.99. The summed E-state index contributed by atoms with van der Waals surface area (Å²) in [7, 11) is 0. The third-order valence-corrected chi connectivity index (χ3v) is 5.50. The Labute approximate surface area is 179 Å². The molecule has 0 aliphatic rings. The zero-order valence-corrected chi connectivity index (χ0v) is 17.7. The molecule has 2 heterocycles. The van der Waals surface area contributed by atoms with Gasteiger partial charge >= 0.3 is 0 Å². The first kappa shape index (κ1) is 20.1. The van der Waals surface area contributed by atoms with E-state index in [4.69, 9.17) is 4.98 Å². The van der Waals surface area contributed by atoms with Crippen molar-refractivity contribution >= 4 is 28.7 Å². The van der Waals surface area contributed by atoms with Crippen molar-refractivity contribution in [3.05, 3.63) is 83.4 Å². The number of amides is 1. The maximum Gasteiger partial charge on any atom is 0.231 e. The van der Waals surface area contributed by atoms with Crippen LogP contribution in [0.1, 0.15) is 28.8 Å². The van der Waals surface area contributed by atoms with Crippen LogP contribution in [0.4, 0.5) is 0 Å². The van der Waals surface area contributed by atoms with E-state index in [1.807, 2.05) is 62.4 Å².